The molecule has 0 bridgehead atoms. The summed E-state index contributed by atoms with van der Waals surface area (Å²) in [4.78, 5) is 46.2. The fraction of sp³-hybridized carbons (Fsp3) is 0.316. The number of rotatable bonds is 8. The van der Waals surface area contributed by atoms with Crippen LogP contribution < -0.4 is 16.2 Å². The van der Waals surface area contributed by atoms with Gasteiger partial charge in [-0.2, -0.15) is 0 Å². The van der Waals surface area contributed by atoms with E-state index in [2.05, 4.69) is 10.6 Å². The van der Waals surface area contributed by atoms with E-state index >= 15 is 0 Å². The molecule has 0 fully saturated rings. The van der Waals surface area contributed by atoms with Crippen molar-refractivity contribution in [2.45, 2.75) is 39.4 Å². The average Bonchev–Trinajstić information content (AvgIpc) is 2.68. The Morgan fingerprint density at radius 2 is 2.00 bits per heavy atom. The first kappa shape index (κ1) is 20.8. The maximum absolute atomic E-state index is 12.2. The number of carbonyl (C=O) groups excluding carboxylic acids is 2. The summed E-state index contributed by atoms with van der Waals surface area (Å²) in [6.45, 7) is 3.71. The van der Waals surface area contributed by atoms with Crippen molar-refractivity contribution in [2.75, 3.05) is 0 Å². The van der Waals surface area contributed by atoms with Gasteiger partial charge in [0.25, 0.3) is 17.2 Å². The van der Waals surface area contributed by atoms with Crippen LogP contribution in [0.2, 0.25) is 0 Å². The summed E-state index contributed by atoms with van der Waals surface area (Å²) in [7, 11) is 0. The van der Waals surface area contributed by atoms with E-state index in [1.54, 1.807) is 24.3 Å². The lowest BCUT2D eigenvalue weighted by molar-refractivity contribution is -0.385. The first-order valence-corrected chi connectivity index (χ1v) is 8.81. The van der Waals surface area contributed by atoms with Gasteiger partial charge in [0.05, 0.1) is 11.1 Å². The van der Waals surface area contributed by atoms with Gasteiger partial charge in [-0.1, -0.05) is 19.1 Å². The maximum Gasteiger partial charge on any atom is 0.285 e. The van der Waals surface area contributed by atoms with Gasteiger partial charge in [0.15, 0.2) is 0 Å². The third-order valence-electron chi connectivity index (χ3n) is 4.16. The summed E-state index contributed by atoms with van der Waals surface area (Å²) in [5, 5.41) is 16.3. The molecule has 2 amide bonds. The van der Waals surface area contributed by atoms with E-state index in [9.17, 15) is 24.5 Å². The zero-order valence-electron chi connectivity index (χ0n) is 15.7. The number of benzene rings is 1. The fourth-order valence-corrected chi connectivity index (χ4v) is 2.39. The molecule has 0 aliphatic carbocycles. The molecule has 2 rings (SSSR count). The molecule has 1 aromatic heterocycles. The van der Waals surface area contributed by atoms with E-state index in [0.29, 0.717) is 5.56 Å². The summed E-state index contributed by atoms with van der Waals surface area (Å²) in [6.07, 6.45) is 1.85. The highest BCUT2D eigenvalue weighted by Gasteiger charge is 2.12. The topological polar surface area (TPSA) is 123 Å². The van der Waals surface area contributed by atoms with Crippen LogP contribution in [0.3, 0.4) is 0 Å². The van der Waals surface area contributed by atoms with Crippen LogP contribution in [0.15, 0.2) is 47.4 Å². The number of nitro groups is 1. The number of hydrogen-bond acceptors (Lipinski definition) is 5. The van der Waals surface area contributed by atoms with Crippen molar-refractivity contribution in [3.8, 4) is 0 Å². The maximum atomic E-state index is 12.2. The second-order valence-corrected chi connectivity index (χ2v) is 6.37. The Kier molecular flexibility index (Phi) is 7.02. The molecule has 1 aromatic carbocycles. The predicted octanol–water partition coefficient (Wildman–Crippen LogP) is 1.60. The molecule has 2 aromatic rings. The molecule has 28 heavy (non-hydrogen) atoms. The number of hydrogen-bond donors (Lipinski definition) is 2. The van der Waals surface area contributed by atoms with Crippen LogP contribution in [0, 0.1) is 10.1 Å². The molecule has 9 heteroatoms. The smallest absolute Gasteiger partial charge is 0.285 e. The Labute approximate surface area is 161 Å². The number of aromatic nitrogens is 1. The molecule has 1 unspecified atom stereocenters. The Balaban J connectivity index is 1.99. The zero-order chi connectivity index (χ0) is 20.7. The summed E-state index contributed by atoms with van der Waals surface area (Å²) >= 11 is 0. The van der Waals surface area contributed by atoms with Crippen LogP contribution in [0.5, 0.6) is 0 Å². The third kappa shape index (κ3) is 5.76. The SMILES string of the molecule is CCC(C)NC(=O)c1cccc(CNC(=O)Cn2cc([N+](=O)[O-])ccc2=O)c1. The molecule has 0 aliphatic heterocycles. The summed E-state index contributed by atoms with van der Waals surface area (Å²) in [5.74, 6) is -0.664. The molecular formula is C19H22N4O5. The highest BCUT2D eigenvalue weighted by Crippen LogP contribution is 2.07. The van der Waals surface area contributed by atoms with E-state index < -0.39 is 16.4 Å². The van der Waals surface area contributed by atoms with E-state index in [4.69, 9.17) is 0 Å². The van der Waals surface area contributed by atoms with Gasteiger partial charge >= 0.3 is 0 Å². The van der Waals surface area contributed by atoms with E-state index in [-0.39, 0.29) is 30.7 Å². The fourth-order valence-electron chi connectivity index (χ4n) is 2.39. The highest BCUT2D eigenvalue weighted by atomic mass is 16.6. The molecule has 0 aliphatic rings. The molecule has 1 atom stereocenters. The molecular weight excluding hydrogens is 364 g/mol. The monoisotopic (exact) mass is 386 g/mol. The van der Waals surface area contributed by atoms with Crippen molar-refractivity contribution in [2.24, 2.45) is 0 Å². The molecule has 9 nitrogen and oxygen atoms in total. The molecule has 0 saturated carbocycles. The number of carbonyl (C=O) groups is 2. The minimum absolute atomic E-state index is 0.0594. The van der Waals surface area contributed by atoms with Crippen LogP contribution >= 0.6 is 0 Å². The van der Waals surface area contributed by atoms with Crippen molar-refractivity contribution in [3.63, 3.8) is 0 Å². The number of pyridine rings is 1. The van der Waals surface area contributed by atoms with E-state index in [0.717, 1.165) is 34.9 Å². The predicted molar refractivity (Wildman–Crippen MR) is 103 cm³/mol. The van der Waals surface area contributed by atoms with Gasteiger partial charge < -0.3 is 10.6 Å². The van der Waals surface area contributed by atoms with Crippen molar-refractivity contribution in [1.29, 1.82) is 0 Å². The van der Waals surface area contributed by atoms with Gasteiger partial charge in [-0.15, -0.1) is 0 Å². The lowest BCUT2D eigenvalue weighted by atomic mass is 10.1. The van der Waals surface area contributed by atoms with Gasteiger partial charge in [-0.25, -0.2) is 0 Å². The second-order valence-electron chi connectivity index (χ2n) is 6.37. The largest absolute Gasteiger partial charge is 0.350 e. The van der Waals surface area contributed by atoms with Crippen LogP contribution in [0.25, 0.3) is 0 Å². The van der Waals surface area contributed by atoms with Crippen molar-refractivity contribution >= 4 is 17.5 Å². The Hall–Kier alpha value is -3.49. The van der Waals surface area contributed by atoms with Gasteiger partial charge in [0.2, 0.25) is 5.91 Å². The minimum Gasteiger partial charge on any atom is -0.350 e. The molecule has 0 spiro atoms. The average molecular weight is 386 g/mol. The van der Waals surface area contributed by atoms with Crippen molar-refractivity contribution in [3.05, 3.63) is 74.2 Å². The van der Waals surface area contributed by atoms with Crippen LogP contribution in [0.1, 0.15) is 36.2 Å². The first-order chi connectivity index (χ1) is 13.3. The van der Waals surface area contributed by atoms with Crippen LogP contribution in [-0.4, -0.2) is 27.3 Å². The standard InChI is InChI=1S/C19H22N4O5/c1-3-13(2)21-19(26)15-6-4-5-14(9-15)10-20-17(24)12-22-11-16(23(27)28)7-8-18(22)25/h4-9,11,13H,3,10,12H2,1-2H3,(H,20,24)(H,21,26). The van der Waals surface area contributed by atoms with Gasteiger partial charge in [-0.3, -0.25) is 29.1 Å². The molecule has 148 valence electrons. The Morgan fingerprint density at radius 1 is 1.25 bits per heavy atom. The van der Waals surface area contributed by atoms with Gasteiger partial charge in [-0.05, 0) is 31.0 Å². The second kappa shape index (κ2) is 9.45. The van der Waals surface area contributed by atoms with Gasteiger partial charge in [0, 0.05) is 30.3 Å². The van der Waals surface area contributed by atoms with Crippen molar-refractivity contribution < 1.29 is 14.5 Å². The molecule has 0 saturated heterocycles. The number of nitrogens with one attached hydrogen (secondary N) is 2. The zero-order valence-corrected chi connectivity index (χ0v) is 15.7. The number of amides is 2. The van der Waals surface area contributed by atoms with E-state index in [1.807, 2.05) is 13.8 Å². The summed E-state index contributed by atoms with van der Waals surface area (Å²) < 4.78 is 0.976. The molecule has 0 radical (unpaired) electrons. The lowest BCUT2D eigenvalue weighted by Gasteiger charge is -2.12. The molecule has 1 heterocycles. The normalized spacial score (nSPS) is 11.5. The van der Waals surface area contributed by atoms with Crippen LogP contribution in [-0.2, 0) is 17.9 Å². The lowest BCUT2D eigenvalue weighted by Crippen LogP contribution is -2.32. The summed E-state index contributed by atoms with van der Waals surface area (Å²) in [6, 6.07) is 9.04. The van der Waals surface area contributed by atoms with Crippen LogP contribution in [0.4, 0.5) is 5.69 Å². The van der Waals surface area contributed by atoms with E-state index in [1.165, 1.54) is 0 Å². The minimum atomic E-state index is -0.635. The highest BCUT2D eigenvalue weighted by molar-refractivity contribution is 5.94. The Morgan fingerprint density at radius 3 is 2.68 bits per heavy atom. The third-order valence-corrected chi connectivity index (χ3v) is 4.16. The Bertz CT molecular complexity index is 938. The van der Waals surface area contributed by atoms with Crippen molar-refractivity contribution in [1.82, 2.24) is 15.2 Å². The first-order valence-electron chi connectivity index (χ1n) is 8.81. The molecule has 2 N–H and O–H groups in total. The van der Waals surface area contributed by atoms with Gasteiger partial charge in [0.1, 0.15) is 6.54 Å². The summed E-state index contributed by atoms with van der Waals surface area (Å²) in [5.41, 5.74) is 0.426. The quantitative estimate of drug-likeness (QED) is 0.527. The number of nitrogens with zero attached hydrogens (tertiary/aromatic N) is 2.